The quantitative estimate of drug-likeness (QED) is 0.582. The molecule has 154 valence electrons. The number of carbonyl (C=O) groups is 3. The van der Waals surface area contributed by atoms with Crippen molar-refractivity contribution in [2.75, 3.05) is 11.4 Å². The summed E-state index contributed by atoms with van der Waals surface area (Å²) in [7, 11) is 0. The fraction of sp³-hybridized carbons (Fsp3) is 0.174. The van der Waals surface area contributed by atoms with Gasteiger partial charge in [0.05, 0.1) is 11.3 Å². The molecular formula is C23H22N2O5. The van der Waals surface area contributed by atoms with Crippen LogP contribution in [0.2, 0.25) is 0 Å². The highest BCUT2D eigenvalue weighted by atomic mass is 16.4. The number of carboxylic acid groups (broad SMARTS) is 1. The first-order valence-electron chi connectivity index (χ1n) is 9.43. The predicted molar refractivity (Wildman–Crippen MR) is 114 cm³/mol. The van der Waals surface area contributed by atoms with Gasteiger partial charge in [0.25, 0.3) is 5.91 Å². The van der Waals surface area contributed by atoms with Gasteiger partial charge in [0.2, 0.25) is 5.91 Å². The van der Waals surface area contributed by atoms with Crippen molar-refractivity contribution in [2.24, 2.45) is 0 Å². The molecule has 0 saturated carbocycles. The molecule has 0 aliphatic heterocycles. The van der Waals surface area contributed by atoms with E-state index in [2.05, 4.69) is 5.32 Å². The first-order chi connectivity index (χ1) is 14.3. The Kier molecular flexibility index (Phi) is 6.01. The van der Waals surface area contributed by atoms with Gasteiger partial charge in [-0.05, 0) is 43.5 Å². The molecule has 7 heteroatoms. The molecule has 0 bridgehead atoms. The van der Waals surface area contributed by atoms with Crippen LogP contribution in [0.1, 0.15) is 34.6 Å². The van der Waals surface area contributed by atoms with E-state index >= 15 is 0 Å². The molecule has 3 N–H and O–H groups in total. The number of phenolic OH excluding ortho intramolecular Hbond substituents is 1. The molecule has 0 aliphatic carbocycles. The zero-order chi connectivity index (χ0) is 21.8. The van der Waals surface area contributed by atoms with Crippen LogP contribution in [-0.4, -0.2) is 40.6 Å². The van der Waals surface area contributed by atoms with Crippen LogP contribution >= 0.6 is 0 Å². The molecule has 3 rings (SSSR count). The van der Waals surface area contributed by atoms with E-state index in [-0.39, 0.29) is 35.2 Å². The van der Waals surface area contributed by atoms with Gasteiger partial charge in [0.15, 0.2) is 0 Å². The Morgan fingerprint density at radius 2 is 1.67 bits per heavy atom. The van der Waals surface area contributed by atoms with E-state index in [1.165, 1.54) is 35.2 Å². The lowest BCUT2D eigenvalue weighted by molar-refractivity contribution is -0.120. The highest BCUT2D eigenvalue weighted by Crippen LogP contribution is 2.36. The Hall–Kier alpha value is -3.87. The van der Waals surface area contributed by atoms with Crippen molar-refractivity contribution >= 4 is 34.2 Å². The topological polar surface area (TPSA) is 107 Å². The summed E-state index contributed by atoms with van der Waals surface area (Å²) in [5, 5.41) is 24.0. The Morgan fingerprint density at radius 3 is 2.37 bits per heavy atom. The van der Waals surface area contributed by atoms with Crippen molar-refractivity contribution in [3.8, 4) is 5.75 Å². The molecule has 0 aromatic heterocycles. The van der Waals surface area contributed by atoms with E-state index in [0.717, 1.165) is 5.39 Å². The number of aromatic hydroxyl groups is 1. The van der Waals surface area contributed by atoms with Gasteiger partial charge in [-0.3, -0.25) is 14.5 Å². The molecule has 0 fully saturated rings. The van der Waals surface area contributed by atoms with E-state index in [1.54, 1.807) is 32.0 Å². The fourth-order valence-corrected chi connectivity index (χ4v) is 3.23. The summed E-state index contributed by atoms with van der Waals surface area (Å²) >= 11 is 0. The minimum absolute atomic E-state index is 0.0467. The van der Waals surface area contributed by atoms with E-state index < -0.39 is 17.8 Å². The van der Waals surface area contributed by atoms with Crippen molar-refractivity contribution in [3.63, 3.8) is 0 Å². The third-order valence-electron chi connectivity index (χ3n) is 4.50. The number of nitrogens with zero attached hydrogens (tertiary/aromatic N) is 1. The highest BCUT2D eigenvalue weighted by molar-refractivity contribution is 6.14. The number of carbonyl (C=O) groups excluding carboxylic acids is 2. The summed E-state index contributed by atoms with van der Waals surface area (Å²) in [5.41, 5.74) is 0.242. The van der Waals surface area contributed by atoms with Gasteiger partial charge in [-0.1, -0.05) is 36.4 Å². The van der Waals surface area contributed by atoms with Crippen LogP contribution < -0.4 is 10.2 Å². The average molecular weight is 406 g/mol. The second kappa shape index (κ2) is 8.65. The Balaban J connectivity index is 2.14. The molecule has 0 heterocycles. The second-order valence-electron chi connectivity index (χ2n) is 7.15. The van der Waals surface area contributed by atoms with Gasteiger partial charge in [-0.15, -0.1) is 0 Å². The van der Waals surface area contributed by atoms with Crippen LogP contribution in [0.5, 0.6) is 5.75 Å². The molecule has 3 aromatic carbocycles. The van der Waals surface area contributed by atoms with Gasteiger partial charge in [-0.25, -0.2) is 4.79 Å². The van der Waals surface area contributed by atoms with E-state index in [0.29, 0.717) is 5.39 Å². The Labute approximate surface area is 173 Å². The molecule has 0 aliphatic rings. The summed E-state index contributed by atoms with van der Waals surface area (Å²) in [6, 6.07) is 15.8. The third kappa shape index (κ3) is 4.41. The number of benzene rings is 3. The van der Waals surface area contributed by atoms with Crippen LogP contribution in [0, 0.1) is 0 Å². The first kappa shape index (κ1) is 20.9. The summed E-state index contributed by atoms with van der Waals surface area (Å²) < 4.78 is 0. The first-order valence-corrected chi connectivity index (χ1v) is 9.43. The van der Waals surface area contributed by atoms with Crippen molar-refractivity contribution in [1.82, 2.24) is 5.32 Å². The lowest BCUT2D eigenvalue weighted by Gasteiger charge is -2.25. The Bertz CT molecular complexity index is 1120. The summed E-state index contributed by atoms with van der Waals surface area (Å²) in [6.45, 7) is 3.27. The van der Waals surface area contributed by atoms with Crippen molar-refractivity contribution in [2.45, 2.75) is 19.9 Å². The number of rotatable bonds is 6. The molecule has 2 amide bonds. The number of carboxylic acids is 1. The van der Waals surface area contributed by atoms with Crippen LogP contribution in [0.25, 0.3) is 10.8 Å². The number of hydrogen-bond acceptors (Lipinski definition) is 4. The number of anilines is 1. The maximum Gasteiger partial charge on any atom is 0.335 e. The largest absolute Gasteiger partial charge is 0.506 e. The SMILES string of the molecule is CC(C)NC(=O)CN(C(=O)c1cccc(C(=O)O)c1)c1c(O)ccc2ccccc12. The normalized spacial score (nSPS) is 10.8. The van der Waals surface area contributed by atoms with Gasteiger partial charge in [-0.2, -0.15) is 0 Å². The summed E-state index contributed by atoms with van der Waals surface area (Å²) in [6.07, 6.45) is 0. The van der Waals surface area contributed by atoms with Crippen molar-refractivity contribution in [3.05, 3.63) is 71.8 Å². The van der Waals surface area contributed by atoms with Crippen molar-refractivity contribution in [1.29, 1.82) is 0 Å². The standard InChI is InChI=1S/C23H22N2O5/c1-14(2)24-20(27)13-25(22(28)16-7-5-8-17(12-16)23(29)30)21-18-9-4-3-6-15(18)10-11-19(21)26/h3-12,14,26H,13H2,1-2H3,(H,24,27)(H,29,30). The van der Waals surface area contributed by atoms with Gasteiger partial charge in [0, 0.05) is 17.0 Å². The number of aromatic carboxylic acids is 1. The molecule has 7 nitrogen and oxygen atoms in total. The smallest absolute Gasteiger partial charge is 0.335 e. The predicted octanol–water partition coefficient (Wildman–Crippen LogP) is 3.42. The van der Waals surface area contributed by atoms with Gasteiger partial charge < -0.3 is 15.5 Å². The molecule has 30 heavy (non-hydrogen) atoms. The number of phenols is 1. The van der Waals surface area contributed by atoms with Crippen LogP contribution in [-0.2, 0) is 4.79 Å². The molecule has 0 radical (unpaired) electrons. The third-order valence-corrected chi connectivity index (χ3v) is 4.50. The second-order valence-corrected chi connectivity index (χ2v) is 7.15. The average Bonchev–Trinajstić information content (AvgIpc) is 2.71. The monoisotopic (exact) mass is 406 g/mol. The summed E-state index contributed by atoms with van der Waals surface area (Å²) in [5.74, 6) is -2.32. The number of hydrogen-bond donors (Lipinski definition) is 3. The number of nitrogens with one attached hydrogen (secondary N) is 1. The lowest BCUT2D eigenvalue weighted by Crippen LogP contribution is -2.43. The molecule has 0 saturated heterocycles. The highest BCUT2D eigenvalue weighted by Gasteiger charge is 2.26. The summed E-state index contributed by atoms with van der Waals surface area (Å²) in [4.78, 5) is 38.4. The maximum atomic E-state index is 13.4. The van der Waals surface area contributed by atoms with E-state index in [9.17, 15) is 24.6 Å². The molecular weight excluding hydrogens is 384 g/mol. The zero-order valence-corrected chi connectivity index (χ0v) is 16.6. The lowest BCUT2D eigenvalue weighted by atomic mass is 10.0. The Morgan fingerprint density at radius 1 is 0.967 bits per heavy atom. The van der Waals surface area contributed by atoms with Crippen LogP contribution in [0.15, 0.2) is 60.7 Å². The van der Waals surface area contributed by atoms with E-state index in [4.69, 9.17) is 0 Å². The fourth-order valence-electron chi connectivity index (χ4n) is 3.23. The minimum Gasteiger partial charge on any atom is -0.506 e. The van der Waals surface area contributed by atoms with Crippen molar-refractivity contribution < 1.29 is 24.6 Å². The van der Waals surface area contributed by atoms with Gasteiger partial charge >= 0.3 is 5.97 Å². The van der Waals surface area contributed by atoms with E-state index in [1.807, 2.05) is 12.1 Å². The maximum absolute atomic E-state index is 13.4. The van der Waals surface area contributed by atoms with Gasteiger partial charge in [0.1, 0.15) is 12.3 Å². The molecule has 0 spiro atoms. The van der Waals surface area contributed by atoms with Crippen LogP contribution in [0.3, 0.4) is 0 Å². The molecule has 0 unspecified atom stereocenters. The number of fused-ring (bicyclic) bond motifs is 1. The number of amides is 2. The van der Waals surface area contributed by atoms with Crippen LogP contribution in [0.4, 0.5) is 5.69 Å². The molecule has 3 aromatic rings. The minimum atomic E-state index is -1.17. The molecule has 0 atom stereocenters. The zero-order valence-electron chi connectivity index (χ0n) is 16.6.